The van der Waals surface area contributed by atoms with Crippen molar-refractivity contribution in [2.45, 2.75) is 102 Å². The van der Waals surface area contributed by atoms with Crippen LogP contribution in [0.25, 0.3) is 0 Å². The summed E-state index contributed by atoms with van der Waals surface area (Å²) in [7, 11) is 0. The molecular formula is C18H34O7. The van der Waals surface area contributed by atoms with Crippen LogP contribution < -0.4 is 0 Å². The molecule has 1 aliphatic heterocycles. The number of esters is 1. The molecule has 0 aliphatic carbocycles. The van der Waals surface area contributed by atoms with Crippen molar-refractivity contribution in [1.29, 1.82) is 0 Å². The Bertz CT molecular complexity index is 363. The fourth-order valence-corrected chi connectivity index (χ4v) is 2.99. The van der Waals surface area contributed by atoms with E-state index in [-0.39, 0.29) is 6.42 Å². The van der Waals surface area contributed by atoms with Crippen molar-refractivity contribution in [1.82, 2.24) is 0 Å². The van der Waals surface area contributed by atoms with E-state index in [0.717, 1.165) is 12.8 Å². The predicted octanol–water partition coefficient (Wildman–Crippen LogP) is 1.25. The summed E-state index contributed by atoms with van der Waals surface area (Å²) >= 11 is 0. The maximum atomic E-state index is 11.8. The standard InChI is InChI=1S/C18H34O7/c1-2-3-4-5-6-7-8-9-10-11-14(20)25-17-16(22)15(21)13(12-19)24-18(17)23/h13,15-19,21-23H,2-12H2,1H3/t13-,15-,16+,17-,18+/m1/s1. The Morgan fingerprint density at radius 3 is 2.04 bits per heavy atom. The van der Waals surface area contributed by atoms with Crippen molar-refractivity contribution in [2.75, 3.05) is 6.61 Å². The van der Waals surface area contributed by atoms with Crippen LogP contribution in [-0.2, 0) is 14.3 Å². The van der Waals surface area contributed by atoms with Gasteiger partial charge in [-0.05, 0) is 6.42 Å². The fourth-order valence-electron chi connectivity index (χ4n) is 2.99. The molecule has 0 aromatic carbocycles. The molecule has 0 bridgehead atoms. The highest BCUT2D eigenvalue weighted by atomic mass is 16.7. The van der Waals surface area contributed by atoms with Gasteiger partial charge in [0.15, 0.2) is 12.4 Å². The van der Waals surface area contributed by atoms with Gasteiger partial charge < -0.3 is 29.9 Å². The average Bonchev–Trinajstić information content (AvgIpc) is 2.60. The van der Waals surface area contributed by atoms with Crippen molar-refractivity contribution in [3.8, 4) is 0 Å². The Labute approximate surface area is 150 Å². The summed E-state index contributed by atoms with van der Waals surface area (Å²) in [6, 6.07) is 0. The van der Waals surface area contributed by atoms with E-state index in [9.17, 15) is 20.1 Å². The van der Waals surface area contributed by atoms with E-state index in [4.69, 9.17) is 14.6 Å². The maximum absolute atomic E-state index is 11.8. The highest BCUT2D eigenvalue weighted by molar-refractivity contribution is 5.69. The monoisotopic (exact) mass is 362 g/mol. The van der Waals surface area contributed by atoms with Gasteiger partial charge in [0, 0.05) is 6.42 Å². The first-order valence-electron chi connectivity index (χ1n) is 9.51. The van der Waals surface area contributed by atoms with Crippen LogP contribution in [0.4, 0.5) is 0 Å². The number of unbranched alkanes of at least 4 members (excludes halogenated alkanes) is 8. The van der Waals surface area contributed by atoms with E-state index < -0.39 is 43.3 Å². The molecular weight excluding hydrogens is 328 g/mol. The van der Waals surface area contributed by atoms with Crippen LogP contribution in [0.1, 0.15) is 71.1 Å². The number of carbonyl (C=O) groups excluding carboxylic acids is 1. The molecule has 1 saturated heterocycles. The van der Waals surface area contributed by atoms with E-state index in [2.05, 4.69) is 6.92 Å². The summed E-state index contributed by atoms with van der Waals surface area (Å²) < 4.78 is 9.99. The van der Waals surface area contributed by atoms with E-state index in [1.807, 2.05) is 0 Å². The van der Waals surface area contributed by atoms with Gasteiger partial charge in [0.05, 0.1) is 6.61 Å². The minimum absolute atomic E-state index is 0.200. The van der Waals surface area contributed by atoms with Gasteiger partial charge >= 0.3 is 5.97 Å². The topological polar surface area (TPSA) is 116 Å². The van der Waals surface area contributed by atoms with Crippen molar-refractivity contribution in [3.63, 3.8) is 0 Å². The Hall–Kier alpha value is -0.730. The molecule has 0 aromatic rings. The summed E-state index contributed by atoms with van der Waals surface area (Å²) in [6.07, 6.45) is 3.48. The molecule has 7 nitrogen and oxygen atoms in total. The summed E-state index contributed by atoms with van der Waals surface area (Å²) in [5.41, 5.74) is 0. The van der Waals surface area contributed by atoms with Crippen molar-refractivity contribution in [2.24, 2.45) is 0 Å². The highest BCUT2D eigenvalue weighted by Crippen LogP contribution is 2.23. The van der Waals surface area contributed by atoms with E-state index in [0.29, 0.717) is 6.42 Å². The molecule has 25 heavy (non-hydrogen) atoms. The van der Waals surface area contributed by atoms with E-state index in [1.54, 1.807) is 0 Å². The molecule has 0 spiro atoms. The molecule has 5 atom stereocenters. The Balaban J connectivity index is 2.15. The molecule has 1 rings (SSSR count). The molecule has 7 heteroatoms. The largest absolute Gasteiger partial charge is 0.454 e. The van der Waals surface area contributed by atoms with Crippen LogP contribution >= 0.6 is 0 Å². The number of aliphatic hydroxyl groups is 4. The van der Waals surface area contributed by atoms with Crippen molar-refractivity contribution < 1.29 is 34.7 Å². The Kier molecular flexibility index (Phi) is 11.2. The van der Waals surface area contributed by atoms with Crippen LogP contribution in [0.5, 0.6) is 0 Å². The molecule has 1 aliphatic rings. The van der Waals surface area contributed by atoms with Crippen molar-refractivity contribution >= 4 is 5.97 Å². The lowest BCUT2D eigenvalue weighted by Crippen LogP contribution is -2.59. The van der Waals surface area contributed by atoms with Gasteiger partial charge in [-0.25, -0.2) is 0 Å². The quantitative estimate of drug-likeness (QED) is 0.305. The van der Waals surface area contributed by atoms with Crippen LogP contribution in [0.15, 0.2) is 0 Å². The normalized spacial score (nSPS) is 29.6. The van der Waals surface area contributed by atoms with Gasteiger partial charge in [-0.1, -0.05) is 58.3 Å². The van der Waals surface area contributed by atoms with Gasteiger partial charge in [0.25, 0.3) is 0 Å². The first kappa shape index (κ1) is 22.3. The molecule has 148 valence electrons. The second kappa shape index (κ2) is 12.6. The Morgan fingerprint density at radius 1 is 0.920 bits per heavy atom. The molecule has 1 fully saturated rings. The summed E-state index contributed by atoms with van der Waals surface area (Å²) in [6.45, 7) is 1.65. The first-order valence-corrected chi connectivity index (χ1v) is 9.51. The SMILES string of the molecule is CCCCCCCCCCCC(=O)O[C@@H]1[C@@H](O)[C@H](O)[C@@H](CO)O[C@@H]1O. The third-order valence-corrected chi connectivity index (χ3v) is 4.59. The molecule has 4 N–H and O–H groups in total. The van der Waals surface area contributed by atoms with E-state index >= 15 is 0 Å². The second-order valence-corrected chi connectivity index (χ2v) is 6.76. The third-order valence-electron chi connectivity index (χ3n) is 4.59. The lowest BCUT2D eigenvalue weighted by Gasteiger charge is -2.39. The number of rotatable bonds is 12. The van der Waals surface area contributed by atoms with Crippen LogP contribution in [0.2, 0.25) is 0 Å². The summed E-state index contributed by atoms with van der Waals surface area (Å²) in [5, 5.41) is 38.4. The minimum Gasteiger partial charge on any atom is -0.454 e. The first-order chi connectivity index (χ1) is 12.0. The molecule has 0 unspecified atom stereocenters. The van der Waals surface area contributed by atoms with Crippen LogP contribution in [0.3, 0.4) is 0 Å². The third kappa shape index (κ3) is 8.00. The average molecular weight is 362 g/mol. The molecule has 0 aromatic heterocycles. The maximum Gasteiger partial charge on any atom is 0.306 e. The van der Waals surface area contributed by atoms with Crippen molar-refractivity contribution in [3.05, 3.63) is 0 Å². The van der Waals surface area contributed by atoms with Gasteiger partial charge in [-0.3, -0.25) is 4.79 Å². The zero-order valence-corrected chi connectivity index (χ0v) is 15.2. The fraction of sp³-hybridized carbons (Fsp3) is 0.944. The smallest absolute Gasteiger partial charge is 0.306 e. The molecule has 0 radical (unpaired) electrons. The summed E-state index contributed by atoms with van der Waals surface area (Å²) in [5.74, 6) is -0.538. The zero-order valence-electron chi connectivity index (χ0n) is 15.2. The molecule has 1 heterocycles. The minimum atomic E-state index is -1.57. The van der Waals surface area contributed by atoms with E-state index in [1.165, 1.54) is 38.5 Å². The molecule has 0 amide bonds. The Morgan fingerprint density at radius 2 is 1.48 bits per heavy atom. The second-order valence-electron chi connectivity index (χ2n) is 6.76. The van der Waals surface area contributed by atoms with Gasteiger partial charge in [0.1, 0.15) is 18.3 Å². The number of aliphatic hydroxyl groups excluding tert-OH is 4. The predicted molar refractivity (Wildman–Crippen MR) is 91.7 cm³/mol. The van der Waals surface area contributed by atoms with Crippen LogP contribution in [0, 0.1) is 0 Å². The number of hydrogen-bond donors (Lipinski definition) is 4. The number of carbonyl (C=O) groups is 1. The van der Waals surface area contributed by atoms with Crippen LogP contribution in [-0.4, -0.2) is 63.7 Å². The number of ether oxygens (including phenoxy) is 2. The van der Waals surface area contributed by atoms with Gasteiger partial charge in [-0.2, -0.15) is 0 Å². The number of hydrogen-bond acceptors (Lipinski definition) is 7. The highest BCUT2D eigenvalue weighted by Gasteiger charge is 2.45. The molecule has 0 saturated carbocycles. The lowest BCUT2D eigenvalue weighted by molar-refractivity contribution is -0.290. The van der Waals surface area contributed by atoms with Gasteiger partial charge in [0.2, 0.25) is 0 Å². The van der Waals surface area contributed by atoms with Gasteiger partial charge in [-0.15, -0.1) is 0 Å². The lowest BCUT2D eigenvalue weighted by atomic mass is 9.99. The zero-order chi connectivity index (χ0) is 18.7. The summed E-state index contributed by atoms with van der Waals surface area (Å²) in [4.78, 5) is 11.8.